The van der Waals surface area contributed by atoms with Crippen molar-refractivity contribution in [3.8, 4) is 5.75 Å². The molecule has 1 heterocycles. The van der Waals surface area contributed by atoms with Crippen LogP contribution in [0.5, 0.6) is 5.75 Å². The summed E-state index contributed by atoms with van der Waals surface area (Å²) in [5, 5.41) is 6.56. The molecular formula is C16H21BrN2OS. The lowest BCUT2D eigenvalue weighted by Crippen LogP contribution is -2.20. The highest BCUT2D eigenvalue weighted by molar-refractivity contribution is 9.10. The average molecular weight is 369 g/mol. The van der Waals surface area contributed by atoms with E-state index in [-0.39, 0.29) is 6.04 Å². The van der Waals surface area contributed by atoms with Gasteiger partial charge in [-0.2, -0.15) is 0 Å². The van der Waals surface area contributed by atoms with E-state index in [9.17, 15) is 0 Å². The van der Waals surface area contributed by atoms with E-state index in [4.69, 9.17) is 4.74 Å². The molecule has 0 bridgehead atoms. The summed E-state index contributed by atoms with van der Waals surface area (Å²) in [5.74, 6) is 0.910. The van der Waals surface area contributed by atoms with Crippen molar-refractivity contribution in [3.05, 3.63) is 44.3 Å². The SMILES string of the molecule is CCCNC(C)c1ccc(Br)cc1OCc1nc(C)cs1. The first-order valence-corrected chi connectivity index (χ1v) is 8.84. The van der Waals surface area contributed by atoms with Crippen LogP contribution in [0.15, 0.2) is 28.1 Å². The van der Waals surface area contributed by atoms with E-state index >= 15 is 0 Å². The Morgan fingerprint density at radius 1 is 1.43 bits per heavy atom. The smallest absolute Gasteiger partial charge is 0.140 e. The summed E-state index contributed by atoms with van der Waals surface area (Å²) in [5.41, 5.74) is 2.23. The summed E-state index contributed by atoms with van der Waals surface area (Å²) < 4.78 is 7.02. The molecule has 114 valence electrons. The Bertz CT molecular complexity index is 585. The Morgan fingerprint density at radius 2 is 2.24 bits per heavy atom. The van der Waals surface area contributed by atoms with Crippen LogP contribution in [0.25, 0.3) is 0 Å². The zero-order chi connectivity index (χ0) is 15.2. The lowest BCUT2D eigenvalue weighted by Gasteiger charge is -2.18. The number of hydrogen-bond donors (Lipinski definition) is 1. The molecule has 0 aliphatic carbocycles. The number of hydrogen-bond acceptors (Lipinski definition) is 4. The summed E-state index contributed by atoms with van der Waals surface area (Å²) in [7, 11) is 0. The number of benzene rings is 1. The lowest BCUT2D eigenvalue weighted by molar-refractivity contribution is 0.298. The van der Waals surface area contributed by atoms with Gasteiger partial charge in [-0.15, -0.1) is 11.3 Å². The maximum absolute atomic E-state index is 6.00. The van der Waals surface area contributed by atoms with Crippen LogP contribution in [0.4, 0.5) is 0 Å². The predicted octanol–water partition coefficient (Wildman–Crippen LogP) is 4.85. The highest BCUT2D eigenvalue weighted by atomic mass is 79.9. The normalized spacial score (nSPS) is 12.4. The first kappa shape index (κ1) is 16.5. The highest BCUT2D eigenvalue weighted by Gasteiger charge is 2.12. The van der Waals surface area contributed by atoms with E-state index in [1.165, 1.54) is 5.56 Å². The van der Waals surface area contributed by atoms with Gasteiger partial charge in [0.2, 0.25) is 0 Å². The monoisotopic (exact) mass is 368 g/mol. The van der Waals surface area contributed by atoms with Crippen molar-refractivity contribution in [2.45, 2.75) is 39.8 Å². The van der Waals surface area contributed by atoms with Gasteiger partial charge in [0.1, 0.15) is 17.4 Å². The topological polar surface area (TPSA) is 34.1 Å². The van der Waals surface area contributed by atoms with Crippen LogP contribution < -0.4 is 10.1 Å². The molecule has 0 saturated carbocycles. The molecule has 1 aromatic heterocycles. The second kappa shape index (κ2) is 7.92. The number of ether oxygens (including phenoxy) is 1. The van der Waals surface area contributed by atoms with Gasteiger partial charge in [-0.05, 0) is 38.9 Å². The second-order valence-corrected chi connectivity index (χ2v) is 6.89. The van der Waals surface area contributed by atoms with Gasteiger partial charge in [-0.25, -0.2) is 4.98 Å². The first-order valence-electron chi connectivity index (χ1n) is 7.16. The van der Waals surface area contributed by atoms with E-state index in [1.54, 1.807) is 11.3 Å². The molecule has 2 rings (SSSR count). The Morgan fingerprint density at radius 3 is 2.90 bits per heavy atom. The van der Waals surface area contributed by atoms with Crippen LogP contribution in [0.2, 0.25) is 0 Å². The average Bonchev–Trinajstić information content (AvgIpc) is 2.88. The van der Waals surface area contributed by atoms with Crippen molar-refractivity contribution in [2.24, 2.45) is 0 Å². The number of rotatable bonds is 7. The molecule has 0 fully saturated rings. The minimum atomic E-state index is 0.270. The molecule has 21 heavy (non-hydrogen) atoms. The number of aryl methyl sites for hydroxylation is 1. The van der Waals surface area contributed by atoms with Crippen molar-refractivity contribution in [1.29, 1.82) is 0 Å². The third kappa shape index (κ3) is 4.80. The lowest BCUT2D eigenvalue weighted by atomic mass is 10.1. The van der Waals surface area contributed by atoms with Crippen LogP contribution >= 0.6 is 27.3 Å². The fraction of sp³-hybridized carbons (Fsp3) is 0.438. The molecule has 0 spiro atoms. The summed E-state index contributed by atoms with van der Waals surface area (Å²) in [4.78, 5) is 4.44. The van der Waals surface area contributed by atoms with Crippen molar-refractivity contribution in [1.82, 2.24) is 10.3 Å². The highest BCUT2D eigenvalue weighted by Crippen LogP contribution is 2.29. The molecule has 3 nitrogen and oxygen atoms in total. The summed E-state index contributed by atoms with van der Waals surface area (Å²) >= 11 is 5.15. The molecule has 5 heteroatoms. The largest absolute Gasteiger partial charge is 0.486 e. The van der Waals surface area contributed by atoms with Gasteiger partial charge in [0.05, 0.1) is 0 Å². The Balaban J connectivity index is 2.10. The van der Waals surface area contributed by atoms with Gasteiger partial charge in [0.15, 0.2) is 0 Å². The van der Waals surface area contributed by atoms with Gasteiger partial charge in [-0.1, -0.05) is 28.9 Å². The fourth-order valence-corrected chi connectivity index (χ4v) is 3.09. The zero-order valence-corrected chi connectivity index (χ0v) is 15.1. The van der Waals surface area contributed by atoms with Gasteiger partial charge >= 0.3 is 0 Å². The van der Waals surface area contributed by atoms with Crippen LogP contribution in [0.1, 0.15) is 42.6 Å². The maximum Gasteiger partial charge on any atom is 0.140 e. The predicted molar refractivity (Wildman–Crippen MR) is 92.0 cm³/mol. The minimum Gasteiger partial charge on any atom is -0.486 e. The van der Waals surface area contributed by atoms with E-state index < -0.39 is 0 Å². The Hall–Kier alpha value is -0.910. The first-order chi connectivity index (χ1) is 10.1. The maximum atomic E-state index is 6.00. The summed E-state index contributed by atoms with van der Waals surface area (Å²) in [6.07, 6.45) is 1.12. The van der Waals surface area contributed by atoms with Gasteiger partial charge in [0.25, 0.3) is 0 Å². The van der Waals surface area contributed by atoms with E-state index in [2.05, 4.69) is 52.2 Å². The van der Waals surface area contributed by atoms with Gasteiger partial charge in [0, 0.05) is 27.2 Å². The Labute approximate surface area is 138 Å². The van der Waals surface area contributed by atoms with Crippen LogP contribution in [-0.4, -0.2) is 11.5 Å². The number of nitrogens with one attached hydrogen (secondary N) is 1. The molecule has 2 aromatic rings. The van der Waals surface area contributed by atoms with Gasteiger partial charge < -0.3 is 10.1 Å². The van der Waals surface area contributed by atoms with Crippen LogP contribution in [-0.2, 0) is 6.61 Å². The van der Waals surface area contributed by atoms with Crippen LogP contribution in [0, 0.1) is 6.92 Å². The van der Waals surface area contributed by atoms with Gasteiger partial charge in [-0.3, -0.25) is 0 Å². The number of thiazole rings is 1. The van der Waals surface area contributed by atoms with Crippen molar-refractivity contribution < 1.29 is 4.74 Å². The zero-order valence-electron chi connectivity index (χ0n) is 12.6. The van der Waals surface area contributed by atoms with Crippen LogP contribution in [0.3, 0.4) is 0 Å². The minimum absolute atomic E-state index is 0.270. The van der Waals surface area contributed by atoms with E-state index in [0.29, 0.717) is 6.61 Å². The summed E-state index contributed by atoms with van der Waals surface area (Å²) in [6, 6.07) is 6.46. The molecule has 1 N–H and O–H groups in total. The third-order valence-corrected chi connectivity index (χ3v) is 4.59. The van der Waals surface area contributed by atoms with E-state index in [1.807, 2.05) is 18.4 Å². The number of aromatic nitrogens is 1. The van der Waals surface area contributed by atoms with Crippen molar-refractivity contribution in [2.75, 3.05) is 6.54 Å². The standard InChI is InChI=1S/C16H21BrN2OS/c1-4-7-18-12(3)14-6-5-13(17)8-15(14)20-9-16-19-11(2)10-21-16/h5-6,8,10,12,18H,4,7,9H2,1-3H3. The Kier molecular flexibility index (Phi) is 6.21. The van der Waals surface area contributed by atoms with E-state index in [0.717, 1.165) is 33.9 Å². The molecule has 0 saturated heterocycles. The second-order valence-electron chi connectivity index (χ2n) is 5.03. The fourth-order valence-electron chi connectivity index (χ4n) is 2.07. The molecular weight excluding hydrogens is 348 g/mol. The molecule has 0 aliphatic rings. The molecule has 0 aliphatic heterocycles. The number of halogens is 1. The molecule has 1 atom stereocenters. The quantitative estimate of drug-likeness (QED) is 0.757. The molecule has 1 unspecified atom stereocenters. The molecule has 0 amide bonds. The number of nitrogens with zero attached hydrogens (tertiary/aromatic N) is 1. The summed E-state index contributed by atoms with van der Waals surface area (Å²) in [6.45, 7) is 7.86. The third-order valence-electron chi connectivity index (χ3n) is 3.16. The molecule has 1 aromatic carbocycles. The molecule has 0 radical (unpaired) electrons. The van der Waals surface area contributed by atoms with Crippen molar-refractivity contribution >= 4 is 27.3 Å². The van der Waals surface area contributed by atoms with Crippen molar-refractivity contribution in [3.63, 3.8) is 0 Å².